The van der Waals surface area contributed by atoms with Gasteiger partial charge in [0.25, 0.3) is 0 Å². The summed E-state index contributed by atoms with van der Waals surface area (Å²) in [6.07, 6.45) is 2.22. The summed E-state index contributed by atoms with van der Waals surface area (Å²) in [5.41, 5.74) is 1.12. The molecule has 0 aliphatic heterocycles. The van der Waals surface area contributed by atoms with Gasteiger partial charge in [0.1, 0.15) is 12.4 Å². The zero-order valence-electron chi connectivity index (χ0n) is 15.4. The fraction of sp³-hybridized carbons (Fsp3) is 0.500. The van der Waals surface area contributed by atoms with E-state index >= 15 is 0 Å². The minimum Gasteiger partial charge on any atom is -0.356 e. The highest BCUT2D eigenvalue weighted by atomic mass is 35.5. The summed E-state index contributed by atoms with van der Waals surface area (Å²) in [5, 5.41) is 15.8. The third-order valence-corrected chi connectivity index (χ3v) is 4.32. The summed E-state index contributed by atoms with van der Waals surface area (Å²) in [4.78, 5) is 4.67. The van der Waals surface area contributed by atoms with Gasteiger partial charge in [-0.3, -0.25) is 0 Å². The Morgan fingerprint density at radius 2 is 2.16 bits per heavy atom. The van der Waals surface area contributed by atoms with Crippen LogP contribution in [-0.4, -0.2) is 27.3 Å². The van der Waals surface area contributed by atoms with Crippen molar-refractivity contribution in [3.8, 4) is 0 Å². The summed E-state index contributed by atoms with van der Waals surface area (Å²) < 4.78 is 1.95. The number of aromatic nitrogens is 3. The van der Waals surface area contributed by atoms with E-state index in [2.05, 4.69) is 45.7 Å². The molecule has 0 aliphatic rings. The van der Waals surface area contributed by atoms with E-state index in [1.165, 1.54) is 0 Å². The first-order chi connectivity index (χ1) is 12.0. The zero-order chi connectivity index (χ0) is 18.2. The van der Waals surface area contributed by atoms with Crippen LogP contribution in [0, 0.1) is 6.92 Å². The van der Waals surface area contributed by atoms with Gasteiger partial charge >= 0.3 is 0 Å². The Kier molecular flexibility index (Phi) is 7.25. The molecule has 1 atom stereocenters. The fourth-order valence-corrected chi connectivity index (χ4v) is 2.54. The molecule has 0 saturated carbocycles. The monoisotopic (exact) mass is 362 g/mol. The Morgan fingerprint density at radius 3 is 2.80 bits per heavy atom. The number of aliphatic imine (C=N–C) groups is 1. The van der Waals surface area contributed by atoms with E-state index in [-0.39, 0.29) is 6.04 Å². The van der Waals surface area contributed by atoms with Crippen molar-refractivity contribution in [2.24, 2.45) is 12.0 Å². The van der Waals surface area contributed by atoms with Crippen LogP contribution in [0.4, 0.5) is 0 Å². The second kappa shape index (κ2) is 9.42. The summed E-state index contributed by atoms with van der Waals surface area (Å²) in [6, 6.07) is 7.95. The minimum absolute atomic E-state index is 0.0906. The molecule has 2 N–H and O–H groups in total. The standard InChI is InChI=1S/C18H27ClN6/c1-5-6-10-20-18(21-12-17-24-23-14(3)25(17)4)22-13(2)15-8-7-9-16(19)11-15/h7-9,11,13H,5-6,10,12H2,1-4H3,(H2,20,21,22). The molecule has 1 aromatic heterocycles. The van der Waals surface area contributed by atoms with Gasteiger partial charge < -0.3 is 15.2 Å². The zero-order valence-corrected chi connectivity index (χ0v) is 16.1. The fourth-order valence-electron chi connectivity index (χ4n) is 2.34. The molecule has 0 spiro atoms. The van der Waals surface area contributed by atoms with Crippen molar-refractivity contribution in [2.45, 2.75) is 46.2 Å². The van der Waals surface area contributed by atoms with Crippen molar-refractivity contribution in [3.63, 3.8) is 0 Å². The van der Waals surface area contributed by atoms with Gasteiger partial charge in [-0.15, -0.1) is 10.2 Å². The highest BCUT2D eigenvalue weighted by Crippen LogP contribution is 2.17. The van der Waals surface area contributed by atoms with Crippen LogP contribution in [0.3, 0.4) is 0 Å². The van der Waals surface area contributed by atoms with Gasteiger partial charge in [-0.2, -0.15) is 0 Å². The van der Waals surface area contributed by atoms with E-state index in [1.807, 2.05) is 36.7 Å². The van der Waals surface area contributed by atoms with Crippen molar-refractivity contribution in [1.82, 2.24) is 25.4 Å². The average molecular weight is 363 g/mol. The van der Waals surface area contributed by atoms with E-state index in [0.29, 0.717) is 6.54 Å². The molecule has 25 heavy (non-hydrogen) atoms. The molecule has 0 radical (unpaired) electrons. The molecule has 6 nitrogen and oxygen atoms in total. The van der Waals surface area contributed by atoms with Crippen LogP contribution in [-0.2, 0) is 13.6 Å². The lowest BCUT2D eigenvalue weighted by Crippen LogP contribution is -2.39. The molecular formula is C18H27ClN6. The molecule has 0 saturated heterocycles. The van der Waals surface area contributed by atoms with Crippen molar-refractivity contribution in [3.05, 3.63) is 46.5 Å². The molecule has 1 aromatic carbocycles. The van der Waals surface area contributed by atoms with Gasteiger partial charge in [0.15, 0.2) is 11.8 Å². The van der Waals surface area contributed by atoms with Crippen molar-refractivity contribution in [2.75, 3.05) is 6.54 Å². The molecule has 7 heteroatoms. The van der Waals surface area contributed by atoms with Crippen LogP contribution >= 0.6 is 11.6 Å². The molecule has 2 aromatic rings. The second-order valence-corrected chi connectivity index (χ2v) is 6.53. The SMILES string of the molecule is CCCCNC(=NCc1nnc(C)n1C)NC(C)c1cccc(Cl)c1. The molecule has 0 bridgehead atoms. The van der Waals surface area contributed by atoms with Gasteiger partial charge in [0.05, 0.1) is 6.04 Å². The maximum atomic E-state index is 6.10. The average Bonchev–Trinajstić information content (AvgIpc) is 2.91. The molecule has 0 fully saturated rings. The molecule has 2 rings (SSSR count). The van der Waals surface area contributed by atoms with Gasteiger partial charge in [-0.25, -0.2) is 4.99 Å². The third kappa shape index (κ3) is 5.74. The lowest BCUT2D eigenvalue weighted by molar-refractivity contribution is 0.663. The Bertz CT molecular complexity index is 709. The highest BCUT2D eigenvalue weighted by Gasteiger charge is 2.10. The first-order valence-corrected chi connectivity index (χ1v) is 9.04. The number of guanidine groups is 1. The predicted octanol–water partition coefficient (Wildman–Crippen LogP) is 3.37. The van der Waals surface area contributed by atoms with Crippen LogP contribution in [0.25, 0.3) is 0 Å². The van der Waals surface area contributed by atoms with Gasteiger partial charge in [0, 0.05) is 18.6 Å². The molecular weight excluding hydrogens is 336 g/mol. The second-order valence-electron chi connectivity index (χ2n) is 6.09. The van der Waals surface area contributed by atoms with E-state index in [9.17, 15) is 0 Å². The number of hydrogen-bond acceptors (Lipinski definition) is 3. The topological polar surface area (TPSA) is 67.1 Å². The largest absolute Gasteiger partial charge is 0.356 e. The van der Waals surface area contributed by atoms with E-state index in [0.717, 1.165) is 47.6 Å². The Hall–Kier alpha value is -2.08. The number of rotatable bonds is 7. The summed E-state index contributed by atoms with van der Waals surface area (Å²) in [5.74, 6) is 2.48. The number of benzene rings is 1. The van der Waals surface area contributed by atoms with Crippen LogP contribution < -0.4 is 10.6 Å². The predicted molar refractivity (Wildman–Crippen MR) is 103 cm³/mol. The van der Waals surface area contributed by atoms with Gasteiger partial charge in [-0.1, -0.05) is 37.1 Å². The van der Waals surface area contributed by atoms with Crippen LogP contribution in [0.15, 0.2) is 29.3 Å². The maximum Gasteiger partial charge on any atom is 0.192 e. The quantitative estimate of drug-likeness (QED) is 0.450. The minimum atomic E-state index is 0.0906. The van der Waals surface area contributed by atoms with Gasteiger partial charge in [-0.05, 0) is 38.0 Å². The van der Waals surface area contributed by atoms with E-state index in [1.54, 1.807) is 0 Å². The van der Waals surface area contributed by atoms with E-state index in [4.69, 9.17) is 11.6 Å². The lowest BCUT2D eigenvalue weighted by atomic mass is 10.1. The van der Waals surface area contributed by atoms with Gasteiger partial charge in [0.2, 0.25) is 0 Å². The van der Waals surface area contributed by atoms with Crippen molar-refractivity contribution >= 4 is 17.6 Å². The lowest BCUT2D eigenvalue weighted by Gasteiger charge is -2.19. The molecule has 1 heterocycles. The van der Waals surface area contributed by atoms with Crippen LogP contribution in [0.1, 0.15) is 49.9 Å². The highest BCUT2D eigenvalue weighted by molar-refractivity contribution is 6.30. The Labute approximate surface area is 154 Å². The number of halogens is 1. The molecule has 1 unspecified atom stereocenters. The molecule has 0 aliphatic carbocycles. The summed E-state index contributed by atoms with van der Waals surface area (Å²) in [7, 11) is 1.95. The van der Waals surface area contributed by atoms with E-state index < -0.39 is 0 Å². The number of nitrogens with zero attached hydrogens (tertiary/aromatic N) is 4. The number of hydrogen-bond donors (Lipinski definition) is 2. The first kappa shape index (κ1) is 19.2. The summed E-state index contributed by atoms with van der Waals surface area (Å²) in [6.45, 7) is 7.54. The third-order valence-electron chi connectivity index (χ3n) is 4.09. The molecule has 136 valence electrons. The smallest absolute Gasteiger partial charge is 0.192 e. The normalized spacial score (nSPS) is 12.9. The Balaban J connectivity index is 2.08. The van der Waals surface area contributed by atoms with Crippen molar-refractivity contribution < 1.29 is 0 Å². The summed E-state index contributed by atoms with van der Waals surface area (Å²) >= 11 is 6.10. The number of nitrogens with one attached hydrogen (secondary N) is 2. The van der Waals surface area contributed by atoms with Crippen LogP contribution in [0.5, 0.6) is 0 Å². The first-order valence-electron chi connectivity index (χ1n) is 8.66. The number of aryl methyl sites for hydroxylation is 1. The maximum absolute atomic E-state index is 6.10. The Morgan fingerprint density at radius 1 is 1.36 bits per heavy atom. The molecule has 0 amide bonds. The van der Waals surface area contributed by atoms with Crippen molar-refractivity contribution in [1.29, 1.82) is 0 Å². The van der Waals surface area contributed by atoms with Crippen LogP contribution in [0.2, 0.25) is 5.02 Å². The number of unbranched alkanes of at least 4 members (excludes halogenated alkanes) is 1.